The molecule has 0 aromatic carbocycles. The number of thiazole rings is 1. The number of hydrogen-bond acceptors (Lipinski definition) is 6. The summed E-state index contributed by atoms with van der Waals surface area (Å²) in [4.78, 5) is 15.6. The van der Waals surface area contributed by atoms with Gasteiger partial charge in [-0.15, -0.1) is 35.3 Å². The summed E-state index contributed by atoms with van der Waals surface area (Å²) in [6.45, 7) is 8.15. The van der Waals surface area contributed by atoms with Gasteiger partial charge >= 0.3 is 0 Å². The van der Waals surface area contributed by atoms with Crippen LogP contribution < -0.4 is 15.5 Å². The van der Waals surface area contributed by atoms with Crippen LogP contribution in [-0.2, 0) is 17.7 Å². The van der Waals surface area contributed by atoms with Crippen LogP contribution in [0.15, 0.2) is 28.7 Å². The van der Waals surface area contributed by atoms with Gasteiger partial charge in [0.15, 0.2) is 5.96 Å². The molecule has 0 bridgehead atoms. The first-order chi connectivity index (χ1) is 13.1. The van der Waals surface area contributed by atoms with Gasteiger partial charge in [0.25, 0.3) is 0 Å². The molecule has 2 aromatic heterocycles. The lowest BCUT2D eigenvalue weighted by Crippen LogP contribution is -2.41. The molecule has 0 amide bonds. The summed E-state index contributed by atoms with van der Waals surface area (Å²) in [7, 11) is 1.78. The second-order valence-electron chi connectivity index (χ2n) is 6.61. The maximum absolute atomic E-state index is 5.59. The minimum atomic E-state index is 0. The van der Waals surface area contributed by atoms with Crippen LogP contribution in [0.3, 0.4) is 0 Å². The molecule has 7 nitrogen and oxygen atoms in total. The van der Waals surface area contributed by atoms with Crippen molar-refractivity contribution in [2.45, 2.75) is 32.9 Å². The van der Waals surface area contributed by atoms with Crippen molar-refractivity contribution in [3.05, 3.63) is 40.0 Å². The molecule has 0 radical (unpaired) electrons. The molecule has 1 unspecified atom stereocenters. The number of anilines is 1. The summed E-state index contributed by atoms with van der Waals surface area (Å²) in [6, 6.07) is 4.19. The Bertz CT molecular complexity index is 751. The van der Waals surface area contributed by atoms with Gasteiger partial charge in [0, 0.05) is 51.2 Å². The molecule has 0 saturated carbocycles. The number of rotatable bonds is 6. The number of pyridine rings is 1. The van der Waals surface area contributed by atoms with Gasteiger partial charge in [-0.3, -0.25) is 4.99 Å². The molecular formula is C19H29IN6OS. The van der Waals surface area contributed by atoms with Crippen LogP contribution in [0.5, 0.6) is 0 Å². The van der Waals surface area contributed by atoms with E-state index in [2.05, 4.69) is 54.9 Å². The monoisotopic (exact) mass is 516 g/mol. The fourth-order valence-electron chi connectivity index (χ4n) is 2.97. The summed E-state index contributed by atoms with van der Waals surface area (Å²) >= 11 is 1.69. The molecule has 3 rings (SSSR count). The number of nitrogens with one attached hydrogen (secondary N) is 2. The molecule has 0 aliphatic carbocycles. The number of aryl methyl sites for hydroxylation is 1. The summed E-state index contributed by atoms with van der Waals surface area (Å²) in [6.07, 6.45) is 3.07. The first kappa shape index (κ1) is 22.8. The third-order valence-corrected chi connectivity index (χ3v) is 5.22. The van der Waals surface area contributed by atoms with Crippen molar-refractivity contribution in [3.63, 3.8) is 0 Å². The van der Waals surface area contributed by atoms with E-state index >= 15 is 0 Å². The van der Waals surface area contributed by atoms with Crippen molar-refractivity contribution >= 4 is 47.1 Å². The van der Waals surface area contributed by atoms with Gasteiger partial charge in [-0.2, -0.15) is 0 Å². The van der Waals surface area contributed by atoms with Crippen LogP contribution >= 0.6 is 35.3 Å². The van der Waals surface area contributed by atoms with Crippen LogP contribution in [0.1, 0.15) is 23.2 Å². The van der Waals surface area contributed by atoms with E-state index in [1.807, 2.05) is 13.1 Å². The molecule has 0 spiro atoms. The van der Waals surface area contributed by atoms with Gasteiger partial charge < -0.3 is 20.3 Å². The van der Waals surface area contributed by atoms with Crippen molar-refractivity contribution in [3.8, 4) is 0 Å². The Labute approximate surface area is 188 Å². The number of ether oxygens (including phenoxy) is 1. The van der Waals surface area contributed by atoms with E-state index in [-0.39, 0.29) is 30.1 Å². The zero-order valence-electron chi connectivity index (χ0n) is 16.6. The Hall–Kier alpha value is -1.46. The Balaban J connectivity index is 0.00000280. The predicted octanol–water partition coefficient (Wildman–Crippen LogP) is 2.60. The Morgan fingerprint density at radius 1 is 1.39 bits per heavy atom. The molecule has 2 N–H and O–H groups in total. The van der Waals surface area contributed by atoms with Gasteiger partial charge in [0.1, 0.15) is 5.82 Å². The minimum absolute atomic E-state index is 0. The Morgan fingerprint density at radius 2 is 2.25 bits per heavy atom. The highest BCUT2D eigenvalue weighted by Gasteiger charge is 2.17. The molecule has 1 saturated heterocycles. The standard InChI is InChI=1S/C19H28N6OS.HI/c1-14-12-25(8-9-26-14)18-5-4-16(10-22-18)11-23-19(20-3)21-7-6-17-13-27-15(2)24-17;/h4-5,10,13-14H,6-9,11-12H2,1-3H3,(H2,20,21,23);1H. The second kappa shape index (κ2) is 11.5. The third kappa shape index (κ3) is 6.85. The van der Waals surface area contributed by atoms with E-state index in [1.165, 1.54) is 0 Å². The normalized spacial score (nSPS) is 17.2. The SMILES string of the molecule is CN=C(NCCc1csc(C)n1)NCc1ccc(N2CCOC(C)C2)nc1.I. The molecule has 2 aromatic rings. The van der Waals surface area contributed by atoms with Gasteiger partial charge in [0.2, 0.25) is 0 Å². The molecule has 1 fully saturated rings. The zero-order valence-corrected chi connectivity index (χ0v) is 19.8. The zero-order chi connectivity index (χ0) is 19.1. The molecule has 154 valence electrons. The molecular weight excluding hydrogens is 487 g/mol. The lowest BCUT2D eigenvalue weighted by Gasteiger charge is -2.32. The average molecular weight is 516 g/mol. The molecule has 1 aliphatic rings. The van der Waals surface area contributed by atoms with Gasteiger partial charge in [-0.25, -0.2) is 9.97 Å². The molecule has 1 atom stereocenters. The molecule has 28 heavy (non-hydrogen) atoms. The van der Waals surface area contributed by atoms with Gasteiger partial charge in [-0.05, 0) is 25.5 Å². The highest BCUT2D eigenvalue weighted by atomic mass is 127. The van der Waals surface area contributed by atoms with E-state index < -0.39 is 0 Å². The average Bonchev–Trinajstić information content (AvgIpc) is 3.10. The van der Waals surface area contributed by atoms with E-state index in [0.717, 1.165) is 60.7 Å². The predicted molar refractivity (Wildman–Crippen MR) is 126 cm³/mol. The number of nitrogens with zero attached hydrogens (tertiary/aromatic N) is 4. The number of morpholine rings is 1. The van der Waals surface area contributed by atoms with Crippen LogP contribution in [0.4, 0.5) is 5.82 Å². The van der Waals surface area contributed by atoms with Crippen LogP contribution in [0, 0.1) is 6.92 Å². The van der Waals surface area contributed by atoms with Crippen LogP contribution in [0.2, 0.25) is 0 Å². The van der Waals surface area contributed by atoms with E-state index in [9.17, 15) is 0 Å². The Morgan fingerprint density at radius 3 is 2.89 bits per heavy atom. The first-order valence-electron chi connectivity index (χ1n) is 9.31. The highest BCUT2D eigenvalue weighted by molar-refractivity contribution is 14.0. The lowest BCUT2D eigenvalue weighted by atomic mass is 10.2. The van der Waals surface area contributed by atoms with Gasteiger partial charge in [0.05, 0.1) is 23.4 Å². The number of aliphatic imine (C=N–C) groups is 1. The minimum Gasteiger partial charge on any atom is -0.375 e. The van der Waals surface area contributed by atoms with Crippen LogP contribution in [-0.4, -0.2) is 55.3 Å². The molecule has 9 heteroatoms. The summed E-state index contributed by atoms with van der Waals surface area (Å²) in [5.74, 6) is 1.79. The van der Waals surface area contributed by atoms with E-state index in [4.69, 9.17) is 4.74 Å². The summed E-state index contributed by atoms with van der Waals surface area (Å²) in [5, 5.41) is 9.87. The van der Waals surface area contributed by atoms with Crippen LogP contribution in [0.25, 0.3) is 0 Å². The number of hydrogen-bond donors (Lipinski definition) is 2. The lowest BCUT2D eigenvalue weighted by molar-refractivity contribution is 0.0529. The van der Waals surface area contributed by atoms with Crippen molar-refractivity contribution in [2.75, 3.05) is 38.2 Å². The van der Waals surface area contributed by atoms with E-state index in [1.54, 1.807) is 18.4 Å². The van der Waals surface area contributed by atoms with Crippen molar-refractivity contribution in [2.24, 2.45) is 4.99 Å². The topological polar surface area (TPSA) is 74.7 Å². The maximum atomic E-state index is 5.59. The van der Waals surface area contributed by atoms with Crippen molar-refractivity contribution in [1.29, 1.82) is 0 Å². The van der Waals surface area contributed by atoms with Crippen molar-refractivity contribution in [1.82, 2.24) is 20.6 Å². The van der Waals surface area contributed by atoms with Gasteiger partial charge in [-0.1, -0.05) is 6.07 Å². The molecule has 1 aliphatic heterocycles. The molecule has 3 heterocycles. The summed E-state index contributed by atoms with van der Waals surface area (Å²) in [5.41, 5.74) is 2.25. The quantitative estimate of drug-likeness (QED) is 0.350. The highest BCUT2D eigenvalue weighted by Crippen LogP contribution is 2.15. The Kier molecular flexibility index (Phi) is 9.39. The third-order valence-electron chi connectivity index (χ3n) is 4.40. The number of guanidine groups is 1. The second-order valence-corrected chi connectivity index (χ2v) is 7.67. The summed E-state index contributed by atoms with van der Waals surface area (Å²) < 4.78 is 5.59. The van der Waals surface area contributed by atoms with Crippen molar-refractivity contribution < 1.29 is 4.74 Å². The number of aromatic nitrogens is 2. The maximum Gasteiger partial charge on any atom is 0.191 e. The fraction of sp³-hybridized carbons (Fsp3) is 0.526. The largest absolute Gasteiger partial charge is 0.375 e. The van der Waals surface area contributed by atoms with E-state index in [0.29, 0.717) is 6.54 Å². The fourth-order valence-corrected chi connectivity index (χ4v) is 3.62. The smallest absolute Gasteiger partial charge is 0.191 e. The number of halogens is 1. The first-order valence-corrected chi connectivity index (χ1v) is 10.2.